The number of benzene rings is 1. The molecule has 5 heteroatoms. The zero-order chi connectivity index (χ0) is 24.2. The highest BCUT2D eigenvalue weighted by Gasteiger charge is 2.39. The molecule has 0 aromatic heterocycles. The molecule has 1 aromatic rings. The lowest BCUT2D eigenvalue weighted by atomic mass is 9.99. The van der Waals surface area contributed by atoms with Gasteiger partial charge in [-0.3, -0.25) is 0 Å². The Morgan fingerprint density at radius 2 is 1.09 bits per heavy atom. The first kappa shape index (κ1) is 30.3. The predicted molar refractivity (Wildman–Crippen MR) is 139 cm³/mol. The van der Waals surface area contributed by atoms with Gasteiger partial charge in [0.15, 0.2) is 0 Å². The van der Waals surface area contributed by atoms with E-state index in [0.29, 0.717) is 4.90 Å². The molecule has 1 radical (unpaired) electrons. The maximum atomic E-state index is 12.3. The smallest absolute Gasteiger partial charge is 0.158 e. The first-order chi connectivity index (χ1) is 16.0. The molecule has 191 valence electrons. The van der Waals surface area contributed by atoms with Crippen molar-refractivity contribution in [3.05, 3.63) is 29.3 Å². The quantitative estimate of drug-likeness (QED) is 0.103. The number of rotatable bonds is 22. The highest BCUT2D eigenvalue weighted by Crippen LogP contribution is 2.26. The van der Waals surface area contributed by atoms with Crippen molar-refractivity contribution in [2.24, 2.45) is 0 Å². The van der Waals surface area contributed by atoms with E-state index in [9.17, 15) is 8.76 Å². The van der Waals surface area contributed by atoms with Crippen LogP contribution in [0.5, 0.6) is 0 Å². The molecule has 0 saturated carbocycles. The van der Waals surface area contributed by atoms with Gasteiger partial charge in [-0.2, -0.15) is 5.90 Å². The van der Waals surface area contributed by atoms with Crippen LogP contribution in [0, 0.1) is 0 Å². The lowest BCUT2D eigenvalue weighted by molar-refractivity contribution is -0.637. The second-order valence-corrected chi connectivity index (χ2v) is 11.3. The molecule has 0 fully saturated rings. The number of aryl methyl sites for hydroxylation is 2. The lowest BCUT2D eigenvalue weighted by Gasteiger charge is -2.09. The minimum Gasteiger partial charge on any atom is -0.158 e. The zero-order valence-corrected chi connectivity index (χ0v) is 22.5. The molecule has 0 aliphatic carbocycles. The van der Waals surface area contributed by atoms with E-state index in [-0.39, 0.29) is 0 Å². The molecule has 3 N–H and O–H groups in total. The van der Waals surface area contributed by atoms with Gasteiger partial charge in [-0.15, -0.1) is 0 Å². The van der Waals surface area contributed by atoms with Crippen molar-refractivity contribution in [3.8, 4) is 0 Å². The molecule has 0 aliphatic heterocycles. The molecule has 0 amide bonds. The van der Waals surface area contributed by atoms with Crippen LogP contribution < -0.4 is 5.90 Å². The summed E-state index contributed by atoms with van der Waals surface area (Å²) in [5, 5.41) is 0. The molecular formula is C28H52NO3S+2. The fourth-order valence-corrected chi connectivity index (χ4v) is 5.40. The van der Waals surface area contributed by atoms with E-state index >= 15 is 0 Å². The summed E-state index contributed by atoms with van der Waals surface area (Å²) >= 11 is 0. The van der Waals surface area contributed by atoms with Gasteiger partial charge in [-0.05, 0) is 35.5 Å². The van der Waals surface area contributed by atoms with Crippen molar-refractivity contribution in [2.45, 2.75) is 147 Å². The predicted octanol–water partition coefficient (Wildman–Crippen LogP) is 8.13. The Hall–Kier alpha value is -0.750. The van der Waals surface area contributed by atoms with Crippen LogP contribution in [0.15, 0.2) is 23.1 Å². The second-order valence-electron chi connectivity index (χ2n) is 9.67. The molecule has 1 aromatic carbocycles. The maximum Gasteiger partial charge on any atom is 0.482 e. The van der Waals surface area contributed by atoms with Gasteiger partial charge in [0.05, 0.1) is 8.84 Å². The summed E-state index contributed by atoms with van der Waals surface area (Å²) in [6.45, 7) is 4.51. The van der Waals surface area contributed by atoms with Crippen molar-refractivity contribution in [3.63, 3.8) is 0 Å². The van der Waals surface area contributed by atoms with Crippen molar-refractivity contribution >= 4 is 10.5 Å². The van der Waals surface area contributed by atoms with Crippen LogP contribution in [0.2, 0.25) is 0 Å². The summed E-state index contributed by atoms with van der Waals surface area (Å²) in [5.41, 5.74) is 2.14. The SMILES string of the molecule is CCCCCCCCCCCc1ccc([S+]([O])(=O)O[NH3+])c(CCCCCCCCCCC)c1. The van der Waals surface area contributed by atoms with Crippen LogP contribution in [0.4, 0.5) is 0 Å². The first-order valence-electron chi connectivity index (χ1n) is 13.9. The topological polar surface area (TPSA) is 73.8 Å². The third-order valence-corrected chi connectivity index (χ3v) is 7.92. The average molecular weight is 483 g/mol. The monoisotopic (exact) mass is 482 g/mol. The van der Waals surface area contributed by atoms with Crippen LogP contribution in [0.1, 0.15) is 141 Å². The van der Waals surface area contributed by atoms with E-state index in [4.69, 9.17) is 0 Å². The van der Waals surface area contributed by atoms with Crippen molar-refractivity contribution < 1.29 is 18.9 Å². The van der Waals surface area contributed by atoms with Crippen LogP contribution in [-0.2, 0) is 36.4 Å². The van der Waals surface area contributed by atoms with E-state index in [1.165, 1.54) is 108 Å². The van der Waals surface area contributed by atoms with E-state index in [2.05, 4.69) is 30.1 Å². The molecule has 1 atom stereocenters. The Labute approximate surface area is 205 Å². The Morgan fingerprint density at radius 1 is 0.667 bits per heavy atom. The number of quaternary nitrogens is 1. The Kier molecular flexibility index (Phi) is 17.9. The molecule has 0 aliphatic rings. The highest BCUT2D eigenvalue weighted by atomic mass is 32.3. The minimum atomic E-state index is -3.76. The molecule has 1 unspecified atom stereocenters. The van der Waals surface area contributed by atoms with Gasteiger partial charge in [0.1, 0.15) is 0 Å². The molecule has 0 spiro atoms. The largest absolute Gasteiger partial charge is 0.482 e. The summed E-state index contributed by atoms with van der Waals surface area (Å²) in [4.78, 5) is 0.299. The second kappa shape index (κ2) is 19.5. The molecule has 1 rings (SSSR count). The lowest BCUT2D eigenvalue weighted by Crippen LogP contribution is -2.52. The normalized spacial score (nSPS) is 13.3. The fraction of sp³-hybridized carbons (Fsp3) is 0.786. The fourth-order valence-electron chi connectivity index (χ4n) is 4.56. The van der Waals surface area contributed by atoms with Crippen LogP contribution in [0.25, 0.3) is 0 Å². The number of unbranched alkanes of at least 4 members (excludes halogenated alkanes) is 16. The van der Waals surface area contributed by atoms with Gasteiger partial charge in [0.2, 0.25) is 4.90 Å². The summed E-state index contributed by atoms with van der Waals surface area (Å²) < 4.78 is 29.2. The van der Waals surface area contributed by atoms with Crippen LogP contribution >= 0.6 is 0 Å². The third kappa shape index (κ3) is 14.3. The van der Waals surface area contributed by atoms with Gasteiger partial charge < -0.3 is 0 Å². The average Bonchev–Trinajstić information content (AvgIpc) is 2.82. The molecule has 33 heavy (non-hydrogen) atoms. The molecule has 0 bridgehead atoms. The summed E-state index contributed by atoms with van der Waals surface area (Å²) in [6.07, 6.45) is 25.0. The van der Waals surface area contributed by atoms with Gasteiger partial charge in [-0.25, -0.2) is 0 Å². The van der Waals surface area contributed by atoms with E-state index in [1.807, 2.05) is 6.07 Å². The number of hydrogen-bond acceptors (Lipinski definition) is 2. The summed E-state index contributed by atoms with van der Waals surface area (Å²) in [6, 6.07) is 5.78. The van der Waals surface area contributed by atoms with Crippen molar-refractivity contribution in [1.29, 1.82) is 0 Å². The third-order valence-electron chi connectivity index (χ3n) is 6.67. The molecule has 0 saturated heterocycles. The van der Waals surface area contributed by atoms with Gasteiger partial charge >= 0.3 is 10.5 Å². The van der Waals surface area contributed by atoms with Crippen molar-refractivity contribution in [2.75, 3.05) is 0 Å². The Balaban J connectivity index is 2.42. The van der Waals surface area contributed by atoms with Gasteiger partial charge in [0.25, 0.3) is 0 Å². The van der Waals surface area contributed by atoms with E-state index in [1.54, 1.807) is 6.07 Å². The van der Waals surface area contributed by atoms with E-state index in [0.717, 1.165) is 31.2 Å². The maximum absolute atomic E-state index is 12.3. The molecule has 0 heterocycles. The van der Waals surface area contributed by atoms with Crippen LogP contribution in [0.3, 0.4) is 0 Å². The summed E-state index contributed by atoms with van der Waals surface area (Å²) in [7, 11) is -3.76. The summed E-state index contributed by atoms with van der Waals surface area (Å²) in [5.74, 6) is 3.16. The van der Waals surface area contributed by atoms with Crippen molar-refractivity contribution in [1.82, 2.24) is 0 Å². The Morgan fingerprint density at radius 3 is 1.55 bits per heavy atom. The minimum absolute atomic E-state index is 0.299. The standard InChI is InChI=1S/C28H52NO3S/c1-3-5-7-9-11-13-15-17-19-21-26-23-24-28(33(30,31)32-29)27(25-26)22-20-18-16-14-12-10-8-6-4-2/h23-25H,3-22H2,1-2,29H3/q+2. The highest BCUT2D eigenvalue weighted by molar-refractivity contribution is 7.92. The first-order valence-corrected chi connectivity index (χ1v) is 15.3. The zero-order valence-electron chi connectivity index (χ0n) is 21.7. The van der Waals surface area contributed by atoms with Gasteiger partial charge in [-0.1, -0.05) is 129 Å². The molecule has 4 nitrogen and oxygen atoms in total. The van der Waals surface area contributed by atoms with E-state index < -0.39 is 10.5 Å². The van der Waals surface area contributed by atoms with Gasteiger partial charge in [0, 0.05) is 11.6 Å². The number of hydrogen-bond donors (Lipinski definition) is 1. The molecular weight excluding hydrogens is 430 g/mol. The van der Waals surface area contributed by atoms with Crippen LogP contribution in [-0.4, -0.2) is 0 Å². The Bertz CT molecular complexity index is 650.